The number of nitrogens with zero attached hydrogens (tertiary/aromatic N) is 5. The summed E-state index contributed by atoms with van der Waals surface area (Å²) in [6.45, 7) is 0.126. The molecular weight excluding hydrogens is 455 g/mol. The van der Waals surface area contributed by atoms with Gasteiger partial charge in [0, 0.05) is 28.2 Å². The smallest absolute Gasteiger partial charge is 0.333 e. The number of benzene rings is 3. The lowest BCUT2D eigenvalue weighted by Crippen LogP contribution is -2.20. The van der Waals surface area contributed by atoms with E-state index in [9.17, 15) is 18.0 Å². The highest BCUT2D eigenvalue weighted by molar-refractivity contribution is 5.99. The Labute approximate surface area is 196 Å². The maximum atomic E-state index is 13.4. The van der Waals surface area contributed by atoms with Crippen LogP contribution in [0.1, 0.15) is 11.1 Å². The molecule has 3 aromatic carbocycles. The van der Waals surface area contributed by atoms with Gasteiger partial charge in [0.05, 0.1) is 28.8 Å². The average Bonchev–Trinajstić information content (AvgIpc) is 3.21. The minimum atomic E-state index is -4.55. The molecule has 0 atom stereocenters. The van der Waals surface area contributed by atoms with Gasteiger partial charge in [0.2, 0.25) is 0 Å². The average molecular weight is 471 g/mol. The van der Waals surface area contributed by atoms with E-state index in [-0.39, 0.29) is 23.3 Å². The third-order valence-electron chi connectivity index (χ3n) is 5.57. The second kappa shape index (κ2) is 8.57. The van der Waals surface area contributed by atoms with Gasteiger partial charge in [-0.15, -0.1) is 0 Å². The SMILES string of the molecule is N#CCn1cc(C=Nn2c(-c3cccc(C(F)(F)F)c3)nc3ccccc3c2=O)c2ccccc21. The second-order valence-corrected chi connectivity index (χ2v) is 7.78. The molecule has 0 fully saturated rings. The summed E-state index contributed by atoms with van der Waals surface area (Å²) < 4.78 is 42.8. The third-order valence-corrected chi connectivity index (χ3v) is 5.57. The minimum Gasteiger partial charge on any atom is -0.333 e. The van der Waals surface area contributed by atoms with Crippen LogP contribution in [0.4, 0.5) is 13.2 Å². The second-order valence-electron chi connectivity index (χ2n) is 7.78. The molecule has 0 aliphatic rings. The minimum absolute atomic E-state index is 0.0168. The Morgan fingerprint density at radius 2 is 1.74 bits per heavy atom. The van der Waals surface area contributed by atoms with Crippen LogP contribution in [0.15, 0.2) is 88.9 Å². The first-order valence-electron chi connectivity index (χ1n) is 10.6. The number of hydrogen-bond donors (Lipinski definition) is 0. The highest BCUT2D eigenvalue weighted by Crippen LogP contribution is 2.32. The molecule has 5 rings (SSSR count). The van der Waals surface area contributed by atoms with Crippen LogP contribution < -0.4 is 5.56 Å². The van der Waals surface area contributed by atoms with Crippen molar-refractivity contribution in [2.75, 3.05) is 0 Å². The van der Waals surface area contributed by atoms with Gasteiger partial charge in [-0.05, 0) is 30.3 Å². The molecule has 0 aliphatic carbocycles. The number of halogens is 3. The van der Waals surface area contributed by atoms with Crippen LogP contribution in [-0.2, 0) is 12.7 Å². The number of nitriles is 1. The van der Waals surface area contributed by atoms with Gasteiger partial charge in [0.25, 0.3) is 5.56 Å². The Hall–Kier alpha value is -4.71. The Morgan fingerprint density at radius 3 is 2.51 bits per heavy atom. The Kier molecular flexibility index (Phi) is 5.41. The molecule has 5 aromatic rings. The monoisotopic (exact) mass is 471 g/mol. The maximum Gasteiger partial charge on any atom is 0.416 e. The van der Waals surface area contributed by atoms with Gasteiger partial charge in [0.1, 0.15) is 6.54 Å². The molecule has 0 radical (unpaired) electrons. The summed E-state index contributed by atoms with van der Waals surface area (Å²) in [4.78, 5) is 17.8. The summed E-state index contributed by atoms with van der Waals surface area (Å²) in [6.07, 6.45) is -1.37. The Bertz CT molecular complexity index is 1710. The maximum absolute atomic E-state index is 13.4. The molecule has 0 saturated heterocycles. The highest BCUT2D eigenvalue weighted by Gasteiger charge is 2.31. The molecule has 0 spiro atoms. The molecule has 0 unspecified atom stereocenters. The van der Waals surface area contributed by atoms with Crippen LogP contribution in [0.2, 0.25) is 0 Å². The van der Waals surface area contributed by atoms with Gasteiger partial charge < -0.3 is 4.57 Å². The van der Waals surface area contributed by atoms with E-state index >= 15 is 0 Å². The fraction of sp³-hybridized carbons (Fsp3) is 0.0769. The van der Waals surface area contributed by atoms with Crippen molar-refractivity contribution in [3.05, 3.63) is 100 Å². The highest BCUT2D eigenvalue weighted by atomic mass is 19.4. The first-order valence-corrected chi connectivity index (χ1v) is 10.6. The number of aromatic nitrogens is 3. The molecule has 0 aliphatic heterocycles. The lowest BCUT2D eigenvalue weighted by molar-refractivity contribution is -0.137. The number of fused-ring (bicyclic) bond motifs is 2. The molecule has 9 heteroatoms. The molecule has 6 nitrogen and oxygen atoms in total. The number of para-hydroxylation sites is 2. The van der Waals surface area contributed by atoms with Crippen LogP contribution in [0.3, 0.4) is 0 Å². The third kappa shape index (κ3) is 4.06. The zero-order valence-corrected chi connectivity index (χ0v) is 18.1. The van der Waals surface area contributed by atoms with Gasteiger partial charge in [-0.2, -0.15) is 28.2 Å². The van der Waals surface area contributed by atoms with Crippen LogP contribution in [0, 0.1) is 11.3 Å². The Morgan fingerprint density at radius 1 is 1.00 bits per heavy atom. The van der Waals surface area contributed by atoms with E-state index in [1.165, 1.54) is 18.3 Å². The van der Waals surface area contributed by atoms with Crippen molar-refractivity contribution in [3.8, 4) is 17.5 Å². The van der Waals surface area contributed by atoms with Crippen LogP contribution in [0.5, 0.6) is 0 Å². The van der Waals surface area contributed by atoms with Crippen molar-refractivity contribution >= 4 is 28.0 Å². The van der Waals surface area contributed by atoms with Gasteiger partial charge >= 0.3 is 6.18 Å². The van der Waals surface area contributed by atoms with Gasteiger partial charge in [-0.3, -0.25) is 4.79 Å². The fourth-order valence-electron chi connectivity index (χ4n) is 3.96. The number of hydrogen-bond acceptors (Lipinski definition) is 4. The molecule has 0 saturated carbocycles. The molecule has 2 aromatic heterocycles. The summed E-state index contributed by atoms with van der Waals surface area (Å²) in [5, 5.41) is 14.6. The number of rotatable bonds is 4. The first kappa shape index (κ1) is 22.1. The van der Waals surface area contributed by atoms with Crippen molar-refractivity contribution in [2.24, 2.45) is 5.10 Å². The normalized spacial score (nSPS) is 11.9. The van der Waals surface area contributed by atoms with E-state index in [1.807, 2.05) is 24.3 Å². The van der Waals surface area contributed by atoms with Crippen LogP contribution in [0.25, 0.3) is 33.2 Å². The lowest BCUT2D eigenvalue weighted by Gasteiger charge is -2.12. The molecule has 0 N–H and O–H groups in total. The standard InChI is InChI=1S/C26H16F3N5O/c27-26(28,29)19-7-5-6-17(14-19)24-32-22-10-3-1-9-21(22)25(35)34(24)31-15-18-16-33(13-12-30)23-11-4-2-8-20(18)23/h1-11,14-16H,13H2. The van der Waals surface area contributed by atoms with Crippen LogP contribution in [-0.4, -0.2) is 20.4 Å². The topological polar surface area (TPSA) is 76.0 Å². The number of alkyl halides is 3. The quantitative estimate of drug-likeness (QED) is 0.328. The largest absolute Gasteiger partial charge is 0.416 e. The van der Waals surface area contributed by atoms with E-state index in [0.29, 0.717) is 11.1 Å². The van der Waals surface area contributed by atoms with E-state index in [2.05, 4.69) is 16.2 Å². The van der Waals surface area contributed by atoms with E-state index in [0.717, 1.165) is 27.7 Å². The van der Waals surface area contributed by atoms with Gasteiger partial charge in [-0.1, -0.05) is 42.5 Å². The molecule has 0 bridgehead atoms. The zero-order valence-electron chi connectivity index (χ0n) is 18.1. The van der Waals surface area contributed by atoms with E-state index < -0.39 is 17.3 Å². The van der Waals surface area contributed by atoms with Gasteiger partial charge in [-0.25, -0.2) is 4.98 Å². The molecular formula is C26H16F3N5O. The first-order chi connectivity index (χ1) is 16.9. The predicted octanol–water partition coefficient (Wildman–Crippen LogP) is 5.44. The molecule has 35 heavy (non-hydrogen) atoms. The fourth-order valence-corrected chi connectivity index (χ4v) is 3.96. The van der Waals surface area contributed by atoms with E-state index in [4.69, 9.17) is 5.26 Å². The zero-order chi connectivity index (χ0) is 24.6. The van der Waals surface area contributed by atoms with Crippen molar-refractivity contribution in [1.29, 1.82) is 5.26 Å². The summed E-state index contributed by atoms with van der Waals surface area (Å²) in [5.74, 6) is -0.0168. The predicted molar refractivity (Wildman–Crippen MR) is 127 cm³/mol. The van der Waals surface area contributed by atoms with Crippen molar-refractivity contribution in [3.63, 3.8) is 0 Å². The Balaban J connectivity index is 1.72. The molecule has 2 heterocycles. The summed E-state index contributed by atoms with van der Waals surface area (Å²) in [5.41, 5.74) is 0.546. The lowest BCUT2D eigenvalue weighted by atomic mass is 10.1. The van der Waals surface area contributed by atoms with Crippen molar-refractivity contribution < 1.29 is 13.2 Å². The van der Waals surface area contributed by atoms with Crippen LogP contribution >= 0.6 is 0 Å². The van der Waals surface area contributed by atoms with E-state index in [1.54, 1.807) is 35.0 Å². The van der Waals surface area contributed by atoms with Gasteiger partial charge in [0.15, 0.2) is 5.82 Å². The summed E-state index contributed by atoms with van der Waals surface area (Å²) in [7, 11) is 0. The van der Waals surface area contributed by atoms with Crippen molar-refractivity contribution in [1.82, 2.24) is 14.2 Å². The summed E-state index contributed by atoms with van der Waals surface area (Å²) >= 11 is 0. The molecule has 172 valence electrons. The molecule has 0 amide bonds. The summed E-state index contributed by atoms with van der Waals surface area (Å²) in [6, 6.07) is 20.7. The van der Waals surface area contributed by atoms with Crippen molar-refractivity contribution in [2.45, 2.75) is 12.7 Å².